The normalized spacial score (nSPS) is 11.0. The molecule has 1 amide bonds. The van der Waals surface area contributed by atoms with Crippen LogP contribution < -0.4 is 9.64 Å². The summed E-state index contributed by atoms with van der Waals surface area (Å²) in [6, 6.07) is 15.9. The van der Waals surface area contributed by atoms with E-state index >= 15 is 0 Å². The van der Waals surface area contributed by atoms with Crippen molar-refractivity contribution >= 4 is 43.9 Å². The molecule has 0 radical (unpaired) electrons. The zero-order valence-electron chi connectivity index (χ0n) is 16.3. The minimum Gasteiger partial charge on any atom is -0.486 e. The number of aryl methyl sites for hydroxylation is 1. The van der Waals surface area contributed by atoms with Crippen LogP contribution in [0.1, 0.15) is 23.2 Å². The summed E-state index contributed by atoms with van der Waals surface area (Å²) in [6.07, 6.45) is 0.255. The molecule has 0 bridgehead atoms. The number of para-hydroxylation sites is 1. The van der Waals surface area contributed by atoms with Crippen LogP contribution in [0.4, 0.5) is 5.13 Å². The fourth-order valence-electron chi connectivity index (χ4n) is 2.92. The van der Waals surface area contributed by atoms with Crippen LogP contribution in [0.3, 0.4) is 0 Å². The van der Waals surface area contributed by atoms with E-state index in [0.29, 0.717) is 13.2 Å². The third-order valence-electron chi connectivity index (χ3n) is 4.45. The first-order valence-corrected chi connectivity index (χ1v) is 11.1. The number of hydrogen-bond donors (Lipinski definition) is 0. The fourth-order valence-corrected chi connectivity index (χ4v) is 4.67. The van der Waals surface area contributed by atoms with E-state index in [1.54, 1.807) is 4.90 Å². The molecule has 2 heterocycles. The molecular formula is C22H21N3O2S2. The smallest absolute Gasteiger partial charge is 0.234 e. The van der Waals surface area contributed by atoms with Crippen molar-refractivity contribution in [2.45, 2.75) is 26.9 Å². The maximum atomic E-state index is 12.9. The summed E-state index contributed by atoms with van der Waals surface area (Å²) in [4.78, 5) is 23.8. The molecule has 5 nitrogen and oxygen atoms in total. The molecule has 148 valence electrons. The third-order valence-corrected chi connectivity index (χ3v) is 6.38. The highest BCUT2D eigenvalue weighted by Gasteiger charge is 2.19. The zero-order valence-corrected chi connectivity index (χ0v) is 17.9. The predicted octanol–water partition coefficient (Wildman–Crippen LogP) is 5.24. The molecule has 0 N–H and O–H groups in total. The molecule has 4 aromatic rings. The first kappa shape index (κ1) is 19.5. The Balaban J connectivity index is 1.40. The van der Waals surface area contributed by atoms with Gasteiger partial charge in [0.15, 0.2) is 5.13 Å². The van der Waals surface area contributed by atoms with Crippen LogP contribution in [-0.4, -0.2) is 22.4 Å². The first-order valence-electron chi connectivity index (χ1n) is 9.41. The van der Waals surface area contributed by atoms with Crippen molar-refractivity contribution in [3.05, 3.63) is 70.2 Å². The van der Waals surface area contributed by atoms with Crippen LogP contribution in [0.15, 0.2) is 53.9 Å². The number of thiazole rings is 2. The van der Waals surface area contributed by atoms with E-state index in [1.165, 1.54) is 28.2 Å². The van der Waals surface area contributed by atoms with Gasteiger partial charge in [-0.05, 0) is 38.1 Å². The van der Waals surface area contributed by atoms with E-state index in [2.05, 4.69) is 9.97 Å². The Hall–Kier alpha value is -2.77. The van der Waals surface area contributed by atoms with E-state index in [-0.39, 0.29) is 12.3 Å². The number of carbonyl (C=O) groups is 1. The van der Waals surface area contributed by atoms with Crippen molar-refractivity contribution in [2.75, 3.05) is 11.4 Å². The van der Waals surface area contributed by atoms with Gasteiger partial charge in [-0.25, -0.2) is 9.97 Å². The summed E-state index contributed by atoms with van der Waals surface area (Å²) in [5, 5.41) is 3.52. The summed E-state index contributed by atoms with van der Waals surface area (Å²) in [5.74, 6) is 0.819. The highest BCUT2D eigenvalue weighted by molar-refractivity contribution is 7.22. The van der Waals surface area contributed by atoms with Gasteiger partial charge in [0.2, 0.25) is 5.91 Å². The Morgan fingerprint density at radius 2 is 1.90 bits per heavy atom. The molecule has 0 atom stereocenters. The van der Waals surface area contributed by atoms with Gasteiger partial charge in [0, 0.05) is 11.9 Å². The lowest BCUT2D eigenvalue weighted by Crippen LogP contribution is -2.32. The van der Waals surface area contributed by atoms with Gasteiger partial charge in [-0.2, -0.15) is 0 Å². The standard InChI is InChI=1S/C22H21N3O2S2/c1-3-25(22-24-18-6-4-5-7-19(18)29-22)21(26)12-16-14-28-20(23-16)13-27-17-10-8-15(2)9-11-17/h4-11,14H,3,12-13H2,1-2H3. The van der Waals surface area contributed by atoms with Gasteiger partial charge in [0.1, 0.15) is 17.4 Å². The summed E-state index contributed by atoms with van der Waals surface area (Å²) >= 11 is 3.05. The zero-order chi connectivity index (χ0) is 20.2. The van der Waals surface area contributed by atoms with E-state index < -0.39 is 0 Å². The van der Waals surface area contributed by atoms with Gasteiger partial charge in [0.05, 0.1) is 22.3 Å². The largest absolute Gasteiger partial charge is 0.486 e. The van der Waals surface area contributed by atoms with Crippen molar-refractivity contribution in [3.63, 3.8) is 0 Å². The highest BCUT2D eigenvalue weighted by Crippen LogP contribution is 2.29. The van der Waals surface area contributed by atoms with Gasteiger partial charge in [-0.15, -0.1) is 11.3 Å². The number of hydrogen-bond acceptors (Lipinski definition) is 6. The molecule has 7 heteroatoms. The summed E-state index contributed by atoms with van der Waals surface area (Å²) in [6.45, 7) is 4.98. The van der Waals surface area contributed by atoms with Crippen molar-refractivity contribution in [1.82, 2.24) is 9.97 Å². The number of carbonyl (C=O) groups excluding carboxylic acids is 1. The number of amides is 1. The van der Waals surface area contributed by atoms with Crippen LogP contribution in [0.2, 0.25) is 0 Å². The fraction of sp³-hybridized carbons (Fsp3) is 0.227. The molecule has 0 aliphatic rings. The van der Waals surface area contributed by atoms with Gasteiger partial charge in [0.25, 0.3) is 0 Å². The second-order valence-electron chi connectivity index (χ2n) is 6.61. The Morgan fingerprint density at radius 3 is 2.66 bits per heavy atom. The lowest BCUT2D eigenvalue weighted by molar-refractivity contribution is -0.118. The highest BCUT2D eigenvalue weighted by atomic mass is 32.1. The topological polar surface area (TPSA) is 55.3 Å². The average Bonchev–Trinajstić information content (AvgIpc) is 3.34. The molecule has 0 fully saturated rings. The predicted molar refractivity (Wildman–Crippen MR) is 119 cm³/mol. The molecule has 29 heavy (non-hydrogen) atoms. The molecule has 0 saturated heterocycles. The molecule has 0 aliphatic heterocycles. The van der Waals surface area contributed by atoms with E-state index in [4.69, 9.17) is 4.74 Å². The Kier molecular flexibility index (Phi) is 5.87. The Labute approximate surface area is 177 Å². The lowest BCUT2D eigenvalue weighted by atomic mass is 10.2. The molecule has 0 unspecified atom stereocenters. The van der Waals surface area contributed by atoms with E-state index in [1.807, 2.05) is 67.8 Å². The molecule has 0 aliphatic carbocycles. The molecule has 0 spiro atoms. The molecule has 2 aromatic carbocycles. The molecule has 2 aromatic heterocycles. The van der Waals surface area contributed by atoms with Gasteiger partial charge in [-0.1, -0.05) is 41.2 Å². The van der Waals surface area contributed by atoms with Crippen molar-refractivity contribution < 1.29 is 9.53 Å². The molecular weight excluding hydrogens is 402 g/mol. The first-order chi connectivity index (χ1) is 14.1. The number of rotatable bonds is 7. The number of fused-ring (bicyclic) bond motifs is 1. The number of anilines is 1. The number of ether oxygens (including phenoxy) is 1. The molecule has 0 saturated carbocycles. The van der Waals surface area contributed by atoms with Crippen molar-refractivity contribution in [1.29, 1.82) is 0 Å². The Bertz CT molecular complexity index is 1090. The quantitative estimate of drug-likeness (QED) is 0.408. The van der Waals surface area contributed by atoms with E-state index in [9.17, 15) is 4.79 Å². The van der Waals surface area contributed by atoms with Crippen LogP contribution in [0.25, 0.3) is 10.2 Å². The minimum atomic E-state index is 0.00265. The molecule has 4 rings (SSSR count). The second-order valence-corrected chi connectivity index (χ2v) is 8.57. The van der Waals surface area contributed by atoms with Crippen LogP contribution in [-0.2, 0) is 17.8 Å². The van der Waals surface area contributed by atoms with Crippen LogP contribution >= 0.6 is 22.7 Å². The minimum absolute atomic E-state index is 0.00265. The van der Waals surface area contributed by atoms with Crippen LogP contribution in [0.5, 0.6) is 5.75 Å². The van der Waals surface area contributed by atoms with Crippen LogP contribution in [0, 0.1) is 6.92 Å². The Morgan fingerprint density at radius 1 is 1.10 bits per heavy atom. The average molecular weight is 424 g/mol. The van der Waals surface area contributed by atoms with Crippen molar-refractivity contribution in [3.8, 4) is 5.75 Å². The van der Waals surface area contributed by atoms with Gasteiger partial charge >= 0.3 is 0 Å². The SMILES string of the molecule is CCN(C(=O)Cc1csc(COc2ccc(C)cc2)n1)c1nc2ccccc2s1. The number of nitrogens with zero attached hydrogens (tertiary/aromatic N) is 3. The summed E-state index contributed by atoms with van der Waals surface area (Å²) in [5.41, 5.74) is 2.88. The van der Waals surface area contributed by atoms with Gasteiger partial charge < -0.3 is 4.74 Å². The summed E-state index contributed by atoms with van der Waals surface area (Å²) in [7, 11) is 0. The lowest BCUT2D eigenvalue weighted by Gasteiger charge is -2.16. The number of likely N-dealkylation sites (N-methyl/N-ethyl adjacent to an activating group) is 1. The monoisotopic (exact) mass is 423 g/mol. The maximum Gasteiger partial charge on any atom is 0.234 e. The van der Waals surface area contributed by atoms with E-state index in [0.717, 1.165) is 31.8 Å². The number of aromatic nitrogens is 2. The maximum absolute atomic E-state index is 12.9. The third kappa shape index (κ3) is 4.63. The van der Waals surface area contributed by atoms with Gasteiger partial charge in [-0.3, -0.25) is 9.69 Å². The summed E-state index contributed by atoms with van der Waals surface area (Å²) < 4.78 is 6.86. The number of benzene rings is 2. The van der Waals surface area contributed by atoms with Crippen molar-refractivity contribution in [2.24, 2.45) is 0 Å². The second kappa shape index (κ2) is 8.71.